The highest BCUT2D eigenvalue weighted by Crippen LogP contribution is 2.12. The van der Waals surface area contributed by atoms with Crippen LogP contribution >= 0.6 is 0 Å². The van der Waals surface area contributed by atoms with Gasteiger partial charge in [-0.05, 0) is 32.6 Å². The standard InChI is InChI=1S/C11H20O2/c1-5-10(6-2)8-9(4)11(12)13-7-3/h8,10H,5-7H2,1-4H3/b9-8+. The second kappa shape index (κ2) is 6.70. The highest BCUT2D eigenvalue weighted by atomic mass is 16.5. The van der Waals surface area contributed by atoms with Gasteiger partial charge in [0.05, 0.1) is 6.61 Å². The van der Waals surface area contributed by atoms with Gasteiger partial charge in [-0.3, -0.25) is 0 Å². The average molecular weight is 184 g/mol. The van der Waals surface area contributed by atoms with Crippen LogP contribution in [0.2, 0.25) is 0 Å². The van der Waals surface area contributed by atoms with E-state index >= 15 is 0 Å². The molecule has 0 N–H and O–H groups in total. The van der Waals surface area contributed by atoms with E-state index in [1.807, 2.05) is 19.9 Å². The molecular formula is C11H20O2. The topological polar surface area (TPSA) is 26.3 Å². The fourth-order valence-electron chi connectivity index (χ4n) is 1.19. The van der Waals surface area contributed by atoms with E-state index < -0.39 is 0 Å². The van der Waals surface area contributed by atoms with E-state index in [4.69, 9.17) is 4.74 Å². The zero-order chi connectivity index (χ0) is 10.3. The zero-order valence-electron chi connectivity index (χ0n) is 9.09. The minimum Gasteiger partial charge on any atom is -0.463 e. The lowest BCUT2D eigenvalue weighted by Gasteiger charge is -2.08. The first-order chi connectivity index (χ1) is 6.15. The molecule has 0 amide bonds. The third-order valence-electron chi connectivity index (χ3n) is 2.13. The number of hydrogen-bond donors (Lipinski definition) is 0. The summed E-state index contributed by atoms with van der Waals surface area (Å²) in [7, 11) is 0. The molecule has 0 fully saturated rings. The minimum atomic E-state index is -0.186. The van der Waals surface area contributed by atoms with E-state index in [9.17, 15) is 4.79 Å². The van der Waals surface area contributed by atoms with Crippen LogP contribution in [-0.2, 0) is 9.53 Å². The maximum absolute atomic E-state index is 11.2. The van der Waals surface area contributed by atoms with Crippen molar-refractivity contribution in [3.63, 3.8) is 0 Å². The Morgan fingerprint density at radius 1 is 1.31 bits per heavy atom. The van der Waals surface area contributed by atoms with Crippen molar-refractivity contribution >= 4 is 5.97 Å². The summed E-state index contributed by atoms with van der Waals surface area (Å²) in [6, 6.07) is 0. The SMILES string of the molecule is CCOC(=O)/C(C)=C/C(CC)CC. The van der Waals surface area contributed by atoms with Gasteiger partial charge in [0.2, 0.25) is 0 Å². The smallest absolute Gasteiger partial charge is 0.333 e. The summed E-state index contributed by atoms with van der Waals surface area (Å²) in [6.45, 7) is 8.34. The predicted octanol–water partition coefficient (Wildman–Crippen LogP) is 2.93. The van der Waals surface area contributed by atoms with Gasteiger partial charge in [-0.2, -0.15) is 0 Å². The van der Waals surface area contributed by atoms with Crippen LogP contribution in [0, 0.1) is 5.92 Å². The Morgan fingerprint density at radius 3 is 2.23 bits per heavy atom. The van der Waals surface area contributed by atoms with Crippen molar-refractivity contribution < 1.29 is 9.53 Å². The molecule has 2 nitrogen and oxygen atoms in total. The Hall–Kier alpha value is -0.790. The molecule has 0 aromatic carbocycles. The Labute approximate surface area is 81.0 Å². The normalized spacial score (nSPS) is 11.9. The lowest BCUT2D eigenvalue weighted by atomic mass is 10.0. The van der Waals surface area contributed by atoms with Crippen LogP contribution in [0.4, 0.5) is 0 Å². The summed E-state index contributed by atoms with van der Waals surface area (Å²) in [5.41, 5.74) is 0.732. The number of esters is 1. The molecule has 2 heteroatoms. The van der Waals surface area contributed by atoms with Crippen LogP contribution < -0.4 is 0 Å². The molecule has 0 atom stereocenters. The van der Waals surface area contributed by atoms with E-state index in [0.29, 0.717) is 12.5 Å². The molecule has 13 heavy (non-hydrogen) atoms. The van der Waals surface area contributed by atoms with Crippen LogP contribution in [0.25, 0.3) is 0 Å². The van der Waals surface area contributed by atoms with E-state index in [-0.39, 0.29) is 5.97 Å². The van der Waals surface area contributed by atoms with Gasteiger partial charge in [0.15, 0.2) is 0 Å². The van der Waals surface area contributed by atoms with Crippen molar-refractivity contribution in [2.75, 3.05) is 6.61 Å². The van der Waals surface area contributed by atoms with Crippen LogP contribution in [0.15, 0.2) is 11.6 Å². The van der Waals surface area contributed by atoms with Gasteiger partial charge >= 0.3 is 5.97 Å². The van der Waals surface area contributed by atoms with Gasteiger partial charge in [-0.15, -0.1) is 0 Å². The molecule has 76 valence electrons. The fraction of sp³-hybridized carbons (Fsp3) is 0.727. The highest BCUT2D eigenvalue weighted by molar-refractivity contribution is 5.87. The third kappa shape index (κ3) is 4.71. The van der Waals surface area contributed by atoms with Crippen molar-refractivity contribution in [2.45, 2.75) is 40.5 Å². The summed E-state index contributed by atoms with van der Waals surface area (Å²) in [4.78, 5) is 11.2. The van der Waals surface area contributed by atoms with Crippen LogP contribution in [0.1, 0.15) is 40.5 Å². The van der Waals surface area contributed by atoms with E-state index in [2.05, 4.69) is 13.8 Å². The first kappa shape index (κ1) is 12.2. The molecule has 0 saturated heterocycles. The Kier molecular flexibility index (Phi) is 6.29. The highest BCUT2D eigenvalue weighted by Gasteiger charge is 2.07. The van der Waals surface area contributed by atoms with Crippen molar-refractivity contribution in [1.29, 1.82) is 0 Å². The largest absolute Gasteiger partial charge is 0.463 e. The number of carbonyl (C=O) groups is 1. The van der Waals surface area contributed by atoms with E-state index in [0.717, 1.165) is 18.4 Å². The molecule has 0 heterocycles. The van der Waals surface area contributed by atoms with Crippen molar-refractivity contribution in [3.05, 3.63) is 11.6 Å². The molecule has 0 rings (SSSR count). The number of hydrogen-bond acceptors (Lipinski definition) is 2. The Bertz CT molecular complexity index is 179. The Balaban J connectivity index is 4.20. The second-order valence-corrected chi connectivity index (χ2v) is 3.15. The van der Waals surface area contributed by atoms with Gasteiger partial charge < -0.3 is 4.74 Å². The van der Waals surface area contributed by atoms with E-state index in [1.54, 1.807) is 0 Å². The molecule has 0 aliphatic carbocycles. The van der Waals surface area contributed by atoms with E-state index in [1.165, 1.54) is 0 Å². The summed E-state index contributed by atoms with van der Waals surface area (Å²) >= 11 is 0. The van der Waals surface area contributed by atoms with Crippen LogP contribution in [0.3, 0.4) is 0 Å². The summed E-state index contributed by atoms with van der Waals surface area (Å²) in [6.07, 6.45) is 4.17. The van der Waals surface area contributed by atoms with Gasteiger partial charge in [0, 0.05) is 5.57 Å². The van der Waals surface area contributed by atoms with Crippen LogP contribution in [0.5, 0.6) is 0 Å². The summed E-state index contributed by atoms with van der Waals surface area (Å²) < 4.78 is 4.89. The maximum atomic E-state index is 11.2. The van der Waals surface area contributed by atoms with Gasteiger partial charge in [0.25, 0.3) is 0 Å². The molecule has 0 bridgehead atoms. The first-order valence-corrected chi connectivity index (χ1v) is 5.01. The number of carbonyl (C=O) groups excluding carboxylic acids is 1. The second-order valence-electron chi connectivity index (χ2n) is 3.15. The first-order valence-electron chi connectivity index (χ1n) is 5.01. The molecule has 0 aromatic rings. The summed E-state index contributed by atoms with van der Waals surface area (Å²) in [5.74, 6) is 0.318. The average Bonchev–Trinajstić information content (AvgIpc) is 2.14. The van der Waals surface area contributed by atoms with Gasteiger partial charge in [0.1, 0.15) is 0 Å². The minimum absolute atomic E-state index is 0.186. The predicted molar refractivity (Wildman–Crippen MR) is 54.5 cm³/mol. The molecule has 0 saturated carbocycles. The van der Waals surface area contributed by atoms with Crippen molar-refractivity contribution in [2.24, 2.45) is 5.92 Å². The maximum Gasteiger partial charge on any atom is 0.333 e. The van der Waals surface area contributed by atoms with Gasteiger partial charge in [-0.25, -0.2) is 4.79 Å². The molecular weight excluding hydrogens is 164 g/mol. The monoisotopic (exact) mass is 184 g/mol. The summed E-state index contributed by atoms with van der Waals surface area (Å²) in [5, 5.41) is 0. The fourth-order valence-corrected chi connectivity index (χ4v) is 1.19. The number of rotatable bonds is 5. The third-order valence-corrected chi connectivity index (χ3v) is 2.13. The molecule has 0 aliphatic rings. The van der Waals surface area contributed by atoms with Crippen LogP contribution in [-0.4, -0.2) is 12.6 Å². The number of allylic oxidation sites excluding steroid dienone is 1. The molecule has 0 aromatic heterocycles. The number of ether oxygens (including phenoxy) is 1. The van der Waals surface area contributed by atoms with Crippen molar-refractivity contribution in [1.82, 2.24) is 0 Å². The molecule has 0 spiro atoms. The zero-order valence-corrected chi connectivity index (χ0v) is 9.09. The lowest BCUT2D eigenvalue weighted by Crippen LogP contribution is -2.07. The molecule has 0 unspecified atom stereocenters. The molecule has 0 radical (unpaired) electrons. The quantitative estimate of drug-likeness (QED) is 0.485. The van der Waals surface area contributed by atoms with Gasteiger partial charge in [-0.1, -0.05) is 19.9 Å². The Morgan fingerprint density at radius 2 is 1.85 bits per heavy atom. The lowest BCUT2D eigenvalue weighted by molar-refractivity contribution is -0.138. The van der Waals surface area contributed by atoms with Crippen molar-refractivity contribution in [3.8, 4) is 0 Å². The molecule has 0 aliphatic heterocycles.